The van der Waals surface area contributed by atoms with Crippen LogP contribution < -0.4 is 0 Å². The summed E-state index contributed by atoms with van der Waals surface area (Å²) in [7, 11) is 0. The summed E-state index contributed by atoms with van der Waals surface area (Å²) in [5, 5.41) is 5.05. The molecule has 0 saturated carbocycles. The van der Waals surface area contributed by atoms with Crippen molar-refractivity contribution in [2.24, 2.45) is 0 Å². The SMILES string of the molecule is c1ccc(-c2ccc(-c3c4ccccc4c(-c4cccc(-c5ccccc5)c4)c4cc(-c5ccccc5)ccc34)cc2)cc1. The molecule has 0 fully saturated rings. The van der Waals surface area contributed by atoms with Gasteiger partial charge in [0.25, 0.3) is 0 Å². The van der Waals surface area contributed by atoms with Gasteiger partial charge in [0.1, 0.15) is 0 Å². The minimum absolute atomic E-state index is 1.22. The van der Waals surface area contributed by atoms with Gasteiger partial charge in [-0.25, -0.2) is 0 Å². The molecule has 8 rings (SSSR count). The van der Waals surface area contributed by atoms with Crippen LogP contribution in [0.1, 0.15) is 0 Å². The van der Waals surface area contributed by atoms with Crippen LogP contribution in [0.15, 0.2) is 182 Å². The summed E-state index contributed by atoms with van der Waals surface area (Å²) >= 11 is 0. The highest BCUT2D eigenvalue weighted by atomic mass is 14.2. The predicted molar refractivity (Wildman–Crippen MR) is 189 cm³/mol. The molecule has 206 valence electrons. The molecule has 0 nitrogen and oxygen atoms in total. The van der Waals surface area contributed by atoms with Crippen molar-refractivity contribution in [2.45, 2.75) is 0 Å². The van der Waals surface area contributed by atoms with Crippen LogP contribution in [-0.4, -0.2) is 0 Å². The fraction of sp³-hybridized carbons (Fsp3) is 0. The Balaban J connectivity index is 1.41. The van der Waals surface area contributed by atoms with Crippen molar-refractivity contribution in [3.63, 3.8) is 0 Å². The Bertz CT molecular complexity index is 2230. The van der Waals surface area contributed by atoms with Gasteiger partial charge in [-0.05, 0) is 89.3 Å². The Kier molecular flexibility index (Phi) is 6.59. The molecule has 0 radical (unpaired) electrons. The quantitative estimate of drug-likeness (QED) is 0.184. The topological polar surface area (TPSA) is 0 Å². The maximum absolute atomic E-state index is 2.39. The van der Waals surface area contributed by atoms with Crippen molar-refractivity contribution in [1.82, 2.24) is 0 Å². The van der Waals surface area contributed by atoms with Crippen LogP contribution in [-0.2, 0) is 0 Å². The Morgan fingerprint density at radius 3 is 1.14 bits per heavy atom. The van der Waals surface area contributed by atoms with Crippen molar-refractivity contribution in [3.8, 4) is 55.6 Å². The summed E-state index contributed by atoms with van der Waals surface area (Å²) in [5.41, 5.74) is 12.3. The number of benzene rings is 8. The van der Waals surface area contributed by atoms with E-state index in [0.29, 0.717) is 0 Å². The molecule has 0 aliphatic heterocycles. The standard InChI is InChI=1S/C44H30/c1-4-13-31(14-5-1)34-23-25-35(26-24-34)43-39-21-10-11-22-40(39)44(38-20-12-19-36(29-38)32-15-6-2-7-16-32)42-30-37(27-28-41(42)43)33-17-8-3-9-18-33/h1-30H. The van der Waals surface area contributed by atoms with Gasteiger partial charge in [0, 0.05) is 0 Å². The predicted octanol–water partition coefficient (Wildman–Crippen LogP) is 12.3. The molecule has 44 heavy (non-hydrogen) atoms. The van der Waals surface area contributed by atoms with Crippen molar-refractivity contribution in [3.05, 3.63) is 182 Å². The zero-order valence-corrected chi connectivity index (χ0v) is 24.3. The summed E-state index contributed by atoms with van der Waals surface area (Å²) in [5.74, 6) is 0. The second kappa shape index (κ2) is 11.2. The summed E-state index contributed by atoms with van der Waals surface area (Å²) in [4.78, 5) is 0. The summed E-state index contributed by atoms with van der Waals surface area (Å²) in [6.45, 7) is 0. The highest BCUT2D eigenvalue weighted by Crippen LogP contribution is 2.45. The van der Waals surface area contributed by atoms with E-state index in [4.69, 9.17) is 0 Å². The molecule has 0 aliphatic rings. The van der Waals surface area contributed by atoms with Crippen molar-refractivity contribution in [2.75, 3.05) is 0 Å². The van der Waals surface area contributed by atoms with Gasteiger partial charge >= 0.3 is 0 Å². The minimum atomic E-state index is 1.22. The van der Waals surface area contributed by atoms with Crippen molar-refractivity contribution < 1.29 is 0 Å². The highest BCUT2D eigenvalue weighted by molar-refractivity contribution is 6.22. The van der Waals surface area contributed by atoms with Gasteiger partial charge in [-0.2, -0.15) is 0 Å². The summed E-state index contributed by atoms with van der Waals surface area (Å²) in [6.07, 6.45) is 0. The Hall–Kier alpha value is -5.72. The number of hydrogen-bond donors (Lipinski definition) is 0. The van der Waals surface area contributed by atoms with Crippen LogP contribution in [0.4, 0.5) is 0 Å². The fourth-order valence-corrected chi connectivity index (χ4v) is 6.56. The Morgan fingerprint density at radius 2 is 0.545 bits per heavy atom. The maximum Gasteiger partial charge on any atom is -0.00259 e. The lowest BCUT2D eigenvalue weighted by atomic mass is 9.84. The molecule has 0 N–H and O–H groups in total. The van der Waals surface area contributed by atoms with Crippen LogP contribution in [0.5, 0.6) is 0 Å². The molecule has 0 atom stereocenters. The maximum atomic E-state index is 2.39. The van der Waals surface area contributed by atoms with E-state index in [1.807, 2.05) is 0 Å². The first kappa shape index (κ1) is 25.9. The smallest absolute Gasteiger partial charge is 0.00259 e. The molecular formula is C44H30. The lowest BCUT2D eigenvalue weighted by Gasteiger charge is -2.19. The third-order valence-corrected chi connectivity index (χ3v) is 8.67. The highest BCUT2D eigenvalue weighted by Gasteiger charge is 2.18. The fourth-order valence-electron chi connectivity index (χ4n) is 6.56. The van der Waals surface area contributed by atoms with Gasteiger partial charge in [-0.15, -0.1) is 0 Å². The van der Waals surface area contributed by atoms with Crippen molar-refractivity contribution in [1.29, 1.82) is 0 Å². The third-order valence-electron chi connectivity index (χ3n) is 8.67. The molecule has 0 spiro atoms. The zero-order valence-electron chi connectivity index (χ0n) is 24.3. The first-order chi connectivity index (χ1) is 21.8. The molecule has 8 aromatic rings. The van der Waals surface area contributed by atoms with Crippen LogP contribution in [0.3, 0.4) is 0 Å². The van der Waals surface area contributed by atoms with E-state index in [1.54, 1.807) is 0 Å². The van der Waals surface area contributed by atoms with E-state index in [0.717, 1.165) is 0 Å². The van der Waals surface area contributed by atoms with Crippen LogP contribution >= 0.6 is 0 Å². The second-order valence-corrected chi connectivity index (χ2v) is 11.3. The molecule has 0 amide bonds. The van der Waals surface area contributed by atoms with Gasteiger partial charge in [-0.1, -0.05) is 170 Å². The largest absolute Gasteiger partial charge is 0.0622 e. The average molecular weight is 559 g/mol. The third kappa shape index (κ3) is 4.68. The second-order valence-electron chi connectivity index (χ2n) is 11.3. The van der Waals surface area contributed by atoms with Gasteiger partial charge in [0.05, 0.1) is 0 Å². The van der Waals surface area contributed by atoms with Crippen LogP contribution in [0.25, 0.3) is 77.2 Å². The molecule has 0 saturated heterocycles. The Morgan fingerprint density at radius 1 is 0.182 bits per heavy atom. The molecule has 8 aromatic carbocycles. The molecule has 0 heteroatoms. The normalized spacial score (nSPS) is 11.2. The molecule has 0 aromatic heterocycles. The lowest BCUT2D eigenvalue weighted by Crippen LogP contribution is -1.92. The molecule has 0 bridgehead atoms. The van der Waals surface area contributed by atoms with E-state index in [2.05, 4.69) is 182 Å². The van der Waals surface area contributed by atoms with Gasteiger partial charge < -0.3 is 0 Å². The Labute approximate surface area is 258 Å². The summed E-state index contributed by atoms with van der Waals surface area (Å²) in [6, 6.07) is 65.9. The van der Waals surface area contributed by atoms with Gasteiger partial charge in [-0.3, -0.25) is 0 Å². The summed E-state index contributed by atoms with van der Waals surface area (Å²) < 4.78 is 0. The molecule has 0 aliphatic carbocycles. The van der Waals surface area contributed by atoms with Crippen LogP contribution in [0, 0.1) is 0 Å². The minimum Gasteiger partial charge on any atom is -0.0622 e. The molecule has 0 unspecified atom stereocenters. The van der Waals surface area contributed by atoms with Crippen molar-refractivity contribution >= 4 is 21.5 Å². The van der Waals surface area contributed by atoms with E-state index >= 15 is 0 Å². The number of hydrogen-bond acceptors (Lipinski definition) is 0. The van der Waals surface area contributed by atoms with E-state index in [1.165, 1.54) is 77.2 Å². The molecular weight excluding hydrogens is 528 g/mol. The van der Waals surface area contributed by atoms with Gasteiger partial charge in [0.2, 0.25) is 0 Å². The van der Waals surface area contributed by atoms with E-state index in [9.17, 15) is 0 Å². The van der Waals surface area contributed by atoms with Gasteiger partial charge in [0.15, 0.2) is 0 Å². The lowest BCUT2D eigenvalue weighted by molar-refractivity contribution is 1.60. The monoisotopic (exact) mass is 558 g/mol. The first-order valence-corrected chi connectivity index (χ1v) is 15.2. The van der Waals surface area contributed by atoms with E-state index in [-0.39, 0.29) is 0 Å². The first-order valence-electron chi connectivity index (χ1n) is 15.2. The molecule has 0 heterocycles. The zero-order chi connectivity index (χ0) is 29.3. The number of fused-ring (bicyclic) bond motifs is 2. The van der Waals surface area contributed by atoms with E-state index < -0.39 is 0 Å². The number of rotatable bonds is 5. The van der Waals surface area contributed by atoms with Crippen LogP contribution in [0.2, 0.25) is 0 Å². The average Bonchev–Trinajstić information content (AvgIpc) is 3.11.